The molecule has 1 unspecified atom stereocenters. The molecule has 1 atom stereocenters. The van der Waals surface area contributed by atoms with Crippen molar-refractivity contribution in [3.63, 3.8) is 0 Å². The van der Waals surface area contributed by atoms with E-state index in [-0.39, 0.29) is 17.3 Å². The number of carboxylic acid groups (broad SMARTS) is 1. The van der Waals surface area contributed by atoms with Crippen molar-refractivity contribution in [2.75, 3.05) is 18.8 Å². The Morgan fingerprint density at radius 2 is 2.14 bits per heavy atom. The van der Waals surface area contributed by atoms with E-state index in [9.17, 15) is 9.59 Å². The van der Waals surface area contributed by atoms with Crippen LogP contribution in [0.5, 0.6) is 0 Å². The number of carbonyl (C=O) groups is 2. The summed E-state index contributed by atoms with van der Waals surface area (Å²) in [5.74, 6) is -0.235. The van der Waals surface area contributed by atoms with Gasteiger partial charge in [0.15, 0.2) is 0 Å². The van der Waals surface area contributed by atoms with Crippen molar-refractivity contribution < 1.29 is 14.7 Å². The average Bonchev–Trinajstić information content (AvgIpc) is 2.72. The number of nitrogens with zero attached hydrogens (tertiary/aromatic N) is 2. The van der Waals surface area contributed by atoms with Crippen molar-refractivity contribution >= 4 is 23.6 Å². The molecule has 1 fully saturated rings. The molecular weight excluding hydrogens is 288 g/mol. The minimum atomic E-state index is -1.11. The lowest BCUT2D eigenvalue weighted by atomic mass is 10.2. The predicted molar refractivity (Wildman–Crippen MR) is 82.9 cm³/mol. The summed E-state index contributed by atoms with van der Waals surface area (Å²) in [6, 6.07) is 4.55. The van der Waals surface area contributed by atoms with Crippen molar-refractivity contribution in [3.8, 4) is 0 Å². The van der Waals surface area contributed by atoms with Crippen LogP contribution in [0.1, 0.15) is 47.2 Å². The zero-order valence-corrected chi connectivity index (χ0v) is 12.9. The first-order chi connectivity index (χ1) is 10.1. The molecule has 1 amide bonds. The number of pyridine rings is 1. The summed E-state index contributed by atoms with van der Waals surface area (Å²) in [5.41, 5.74) is 0.132. The Morgan fingerprint density at radius 3 is 2.86 bits per heavy atom. The van der Waals surface area contributed by atoms with Gasteiger partial charge in [-0.3, -0.25) is 4.79 Å². The Hall–Kier alpha value is -1.56. The molecule has 1 aromatic heterocycles. The molecule has 5 nitrogen and oxygen atoms in total. The highest BCUT2D eigenvalue weighted by Gasteiger charge is 2.24. The molecule has 1 aliphatic heterocycles. The minimum absolute atomic E-state index is 0.0878. The highest BCUT2D eigenvalue weighted by atomic mass is 32.2. The fraction of sp³-hybridized carbons (Fsp3) is 0.533. The summed E-state index contributed by atoms with van der Waals surface area (Å²) in [7, 11) is 0. The number of carboxylic acids is 1. The summed E-state index contributed by atoms with van der Waals surface area (Å²) >= 11 is 1.88. The first-order valence-corrected chi connectivity index (χ1v) is 8.28. The molecule has 6 heteroatoms. The average molecular weight is 308 g/mol. The molecule has 2 rings (SSSR count). The predicted octanol–water partition coefficient (Wildman–Crippen LogP) is 2.53. The van der Waals surface area contributed by atoms with Gasteiger partial charge in [0.25, 0.3) is 5.91 Å². The summed E-state index contributed by atoms with van der Waals surface area (Å²) < 4.78 is 0. The lowest BCUT2D eigenvalue weighted by molar-refractivity contribution is 0.0690. The second kappa shape index (κ2) is 7.45. The monoisotopic (exact) mass is 308 g/mol. The Bertz CT molecular complexity index is 521. The number of thioether (sulfide) groups is 1. The second-order valence-corrected chi connectivity index (χ2v) is 6.61. The molecule has 1 saturated heterocycles. The number of carbonyl (C=O) groups excluding carboxylic acids is 1. The Kier molecular flexibility index (Phi) is 5.61. The van der Waals surface area contributed by atoms with Crippen molar-refractivity contribution in [1.29, 1.82) is 0 Å². The molecule has 21 heavy (non-hydrogen) atoms. The third-order valence-corrected chi connectivity index (χ3v) is 4.69. The van der Waals surface area contributed by atoms with Crippen molar-refractivity contribution in [2.45, 2.75) is 31.4 Å². The number of aromatic nitrogens is 1. The number of hydrogen-bond acceptors (Lipinski definition) is 4. The molecule has 114 valence electrons. The normalized spacial score (nSPS) is 19.1. The van der Waals surface area contributed by atoms with Gasteiger partial charge >= 0.3 is 5.97 Å². The third kappa shape index (κ3) is 4.20. The summed E-state index contributed by atoms with van der Waals surface area (Å²) in [4.78, 5) is 29.3. The van der Waals surface area contributed by atoms with E-state index in [4.69, 9.17) is 5.11 Å². The molecule has 0 aliphatic carbocycles. The van der Waals surface area contributed by atoms with Gasteiger partial charge in [0.1, 0.15) is 11.4 Å². The van der Waals surface area contributed by atoms with Gasteiger partial charge in [-0.2, -0.15) is 11.8 Å². The van der Waals surface area contributed by atoms with Crippen LogP contribution in [0, 0.1) is 0 Å². The smallest absolute Gasteiger partial charge is 0.354 e. The molecule has 0 saturated carbocycles. The van der Waals surface area contributed by atoms with Gasteiger partial charge < -0.3 is 10.0 Å². The van der Waals surface area contributed by atoms with Gasteiger partial charge in [-0.15, -0.1) is 0 Å². The van der Waals surface area contributed by atoms with Crippen LogP contribution in [0.15, 0.2) is 18.2 Å². The molecule has 1 aliphatic rings. The minimum Gasteiger partial charge on any atom is -0.477 e. The van der Waals surface area contributed by atoms with Gasteiger partial charge in [-0.05, 0) is 30.7 Å². The lowest BCUT2D eigenvalue weighted by Gasteiger charge is -2.23. The van der Waals surface area contributed by atoms with Crippen molar-refractivity contribution in [3.05, 3.63) is 29.6 Å². The van der Waals surface area contributed by atoms with E-state index >= 15 is 0 Å². The fourth-order valence-electron chi connectivity index (χ4n) is 2.49. The van der Waals surface area contributed by atoms with Gasteiger partial charge in [0, 0.05) is 18.3 Å². The van der Waals surface area contributed by atoms with E-state index in [1.807, 2.05) is 16.7 Å². The maximum absolute atomic E-state index is 12.5. The molecule has 1 aromatic rings. The van der Waals surface area contributed by atoms with Crippen LogP contribution in [0.3, 0.4) is 0 Å². The number of aromatic carboxylic acids is 1. The number of hydrogen-bond donors (Lipinski definition) is 1. The van der Waals surface area contributed by atoms with Crippen molar-refractivity contribution in [1.82, 2.24) is 9.88 Å². The molecule has 0 bridgehead atoms. The van der Waals surface area contributed by atoms with E-state index in [0.717, 1.165) is 38.1 Å². The number of rotatable bonds is 4. The molecule has 2 heterocycles. The summed E-state index contributed by atoms with van der Waals surface area (Å²) in [5, 5.41) is 9.43. The maximum atomic E-state index is 12.5. The molecular formula is C15H20N2O3S. The van der Waals surface area contributed by atoms with Crippen LogP contribution in [0.4, 0.5) is 0 Å². The van der Waals surface area contributed by atoms with Crippen LogP contribution in [-0.2, 0) is 0 Å². The molecule has 0 spiro atoms. The Labute approximate surface area is 128 Å². The van der Waals surface area contributed by atoms with E-state index in [0.29, 0.717) is 5.25 Å². The van der Waals surface area contributed by atoms with E-state index in [2.05, 4.69) is 11.9 Å². The molecule has 0 aromatic carbocycles. The molecule has 1 N–H and O–H groups in total. The zero-order chi connectivity index (χ0) is 15.2. The van der Waals surface area contributed by atoms with Crippen molar-refractivity contribution in [2.24, 2.45) is 0 Å². The number of amides is 1. The highest BCUT2D eigenvalue weighted by Crippen LogP contribution is 2.22. The summed E-state index contributed by atoms with van der Waals surface area (Å²) in [6.07, 6.45) is 3.25. The SMILES string of the molecule is CCSC1CCCCN(C(=O)c2cccc(C(=O)O)n2)C1. The van der Waals surface area contributed by atoms with Crippen LogP contribution >= 0.6 is 11.8 Å². The van der Waals surface area contributed by atoms with Gasteiger partial charge in [0.2, 0.25) is 0 Å². The first kappa shape index (κ1) is 15.8. The molecule has 0 radical (unpaired) electrons. The highest BCUT2D eigenvalue weighted by molar-refractivity contribution is 7.99. The zero-order valence-electron chi connectivity index (χ0n) is 12.1. The Morgan fingerprint density at radius 1 is 1.38 bits per heavy atom. The Balaban J connectivity index is 2.14. The topological polar surface area (TPSA) is 70.5 Å². The van der Waals surface area contributed by atoms with E-state index in [1.165, 1.54) is 6.07 Å². The van der Waals surface area contributed by atoms with Gasteiger partial charge in [-0.25, -0.2) is 9.78 Å². The quantitative estimate of drug-likeness (QED) is 0.925. The van der Waals surface area contributed by atoms with Gasteiger partial charge in [0.05, 0.1) is 0 Å². The lowest BCUT2D eigenvalue weighted by Crippen LogP contribution is -2.36. The second-order valence-electron chi connectivity index (χ2n) is 5.04. The fourth-order valence-corrected chi connectivity index (χ4v) is 3.58. The van der Waals surface area contributed by atoms with Gasteiger partial charge in [-0.1, -0.05) is 19.4 Å². The van der Waals surface area contributed by atoms with E-state index < -0.39 is 5.97 Å². The van der Waals surface area contributed by atoms with E-state index in [1.54, 1.807) is 12.1 Å². The largest absolute Gasteiger partial charge is 0.477 e. The maximum Gasteiger partial charge on any atom is 0.354 e. The third-order valence-electron chi connectivity index (χ3n) is 3.51. The van der Waals surface area contributed by atoms with Crippen LogP contribution in [0.25, 0.3) is 0 Å². The standard InChI is InChI=1S/C15H20N2O3S/c1-2-21-11-6-3-4-9-17(10-11)14(18)12-7-5-8-13(16-12)15(19)20/h5,7-8,11H,2-4,6,9-10H2,1H3,(H,19,20). The van der Waals surface area contributed by atoms with Crippen LogP contribution in [0.2, 0.25) is 0 Å². The first-order valence-electron chi connectivity index (χ1n) is 7.23. The van der Waals surface area contributed by atoms with Crippen LogP contribution in [-0.4, -0.2) is 51.0 Å². The summed E-state index contributed by atoms with van der Waals surface area (Å²) in [6.45, 7) is 3.56. The number of likely N-dealkylation sites (tertiary alicyclic amines) is 1. The van der Waals surface area contributed by atoms with Crippen LogP contribution < -0.4 is 0 Å².